The molecule has 1 N–H and O–H groups in total. The number of likely N-dealkylation sites (N-methyl/N-ethyl adjacent to an activating group) is 1. The number of fused-ring (bicyclic) bond motifs is 3. The zero-order valence-corrected chi connectivity index (χ0v) is 14.3. The number of carbonyl (C=O) groups is 2. The molecular weight excluding hydrogens is 322 g/mol. The summed E-state index contributed by atoms with van der Waals surface area (Å²) in [5, 5.41) is 2.37. The Morgan fingerprint density at radius 1 is 1.28 bits per heavy atom. The van der Waals surface area contributed by atoms with Crippen LogP contribution in [0.5, 0.6) is 5.75 Å². The predicted octanol–water partition coefficient (Wildman–Crippen LogP) is 1.31. The lowest BCUT2D eigenvalue weighted by Crippen LogP contribution is -2.62. The molecule has 4 rings (SSSR count). The Hall–Kier alpha value is -3.03. The average Bonchev–Trinajstić information content (AvgIpc) is 3.09. The van der Waals surface area contributed by atoms with Gasteiger partial charge in [-0.05, 0) is 26.0 Å². The molecule has 0 radical (unpaired) electrons. The maximum Gasteiger partial charge on any atom is 0.325 e. The molecule has 8 nitrogen and oxygen atoms in total. The quantitative estimate of drug-likeness (QED) is 0.897. The Labute approximate surface area is 145 Å². The number of allylic oxidation sites excluding steroid dienone is 1. The van der Waals surface area contributed by atoms with E-state index in [1.54, 1.807) is 7.05 Å². The largest absolute Gasteiger partial charge is 0.492 e. The second kappa shape index (κ2) is 5.51. The molecule has 8 heteroatoms. The molecular formula is C17H19N5O3. The molecule has 0 aromatic heterocycles. The number of carbonyl (C=O) groups excluding carboxylic acids is 2. The lowest BCUT2D eigenvalue weighted by Gasteiger charge is -2.34. The summed E-state index contributed by atoms with van der Waals surface area (Å²) in [4.78, 5) is 34.1. The first-order chi connectivity index (χ1) is 12.0. The number of rotatable bonds is 3. The first-order valence-electron chi connectivity index (χ1n) is 8.17. The summed E-state index contributed by atoms with van der Waals surface area (Å²) in [5.74, 6) is 1.03. The Morgan fingerprint density at radius 3 is 2.80 bits per heavy atom. The lowest BCUT2D eigenvalue weighted by molar-refractivity contribution is -0.126. The van der Waals surface area contributed by atoms with E-state index in [4.69, 9.17) is 4.74 Å². The van der Waals surface area contributed by atoms with Gasteiger partial charge in [-0.1, -0.05) is 12.1 Å². The first kappa shape index (κ1) is 15.5. The molecule has 1 saturated heterocycles. The number of nitrogens with one attached hydrogen (secondary N) is 1. The number of imide groups is 1. The molecule has 3 amide bonds. The van der Waals surface area contributed by atoms with Crippen LogP contribution in [0.1, 0.15) is 13.8 Å². The Bertz CT molecular complexity index is 818. The smallest absolute Gasteiger partial charge is 0.325 e. The van der Waals surface area contributed by atoms with Crippen LogP contribution >= 0.6 is 0 Å². The summed E-state index contributed by atoms with van der Waals surface area (Å²) in [6.07, 6.45) is 1.34. The zero-order valence-electron chi connectivity index (χ0n) is 14.3. The van der Waals surface area contributed by atoms with Crippen molar-refractivity contribution in [2.24, 2.45) is 4.99 Å². The molecule has 3 aliphatic rings. The minimum atomic E-state index is -0.558. The molecule has 0 spiro atoms. The molecule has 0 bridgehead atoms. The summed E-state index contributed by atoms with van der Waals surface area (Å²) >= 11 is 0. The van der Waals surface area contributed by atoms with E-state index in [2.05, 4.69) is 10.3 Å². The van der Waals surface area contributed by atoms with Gasteiger partial charge in [0.15, 0.2) is 12.2 Å². The molecule has 0 saturated carbocycles. The second-order valence-electron chi connectivity index (χ2n) is 6.11. The van der Waals surface area contributed by atoms with Crippen LogP contribution < -0.4 is 15.0 Å². The summed E-state index contributed by atoms with van der Waals surface area (Å²) in [6, 6.07) is 6.71. The minimum absolute atomic E-state index is 0.337. The number of nitrogens with zero attached hydrogens (tertiary/aromatic N) is 4. The maximum absolute atomic E-state index is 12.3. The van der Waals surface area contributed by atoms with Gasteiger partial charge in [-0.15, -0.1) is 0 Å². The molecule has 25 heavy (non-hydrogen) atoms. The minimum Gasteiger partial charge on any atom is -0.492 e. The van der Waals surface area contributed by atoms with Gasteiger partial charge in [-0.25, -0.2) is 9.79 Å². The van der Waals surface area contributed by atoms with Crippen LogP contribution in [0.2, 0.25) is 0 Å². The highest BCUT2D eigenvalue weighted by molar-refractivity contribution is 6.10. The van der Waals surface area contributed by atoms with Gasteiger partial charge in [0.1, 0.15) is 5.75 Å². The fourth-order valence-electron chi connectivity index (χ4n) is 3.42. The maximum atomic E-state index is 12.3. The zero-order chi connectivity index (χ0) is 17.7. The van der Waals surface area contributed by atoms with Crippen molar-refractivity contribution in [3.63, 3.8) is 0 Å². The van der Waals surface area contributed by atoms with Gasteiger partial charge in [0, 0.05) is 18.9 Å². The van der Waals surface area contributed by atoms with Crippen molar-refractivity contribution in [1.82, 2.24) is 15.1 Å². The Balaban J connectivity index is 1.77. The van der Waals surface area contributed by atoms with Crippen LogP contribution in [0, 0.1) is 0 Å². The topological polar surface area (TPSA) is 77.5 Å². The molecule has 1 aromatic carbocycles. The van der Waals surface area contributed by atoms with Gasteiger partial charge < -0.3 is 14.5 Å². The normalized spacial score (nSPS) is 24.7. The third kappa shape index (κ3) is 2.17. The van der Waals surface area contributed by atoms with Gasteiger partial charge in [-0.3, -0.25) is 15.0 Å². The van der Waals surface area contributed by atoms with Crippen molar-refractivity contribution < 1.29 is 14.3 Å². The van der Waals surface area contributed by atoms with E-state index in [0.717, 1.165) is 17.1 Å². The van der Waals surface area contributed by atoms with E-state index in [-0.39, 0.29) is 5.91 Å². The molecule has 2 atom stereocenters. The number of guanidine groups is 1. The van der Waals surface area contributed by atoms with Crippen molar-refractivity contribution in [2.75, 3.05) is 18.6 Å². The number of benzene rings is 1. The fourth-order valence-corrected chi connectivity index (χ4v) is 3.42. The van der Waals surface area contributed by atoms with Crippen molar-refractivity contribution in [1.29, 1.82) is 0 Å². The predicted molar refractivity (Wildman–Crippen MR) is 92.0 cm³/mol. The molecule has 130 valence electrons. The van der Waals surface area contributed by atoms with Crippen LogP contribution in [-0.4, -0.2) is 53.6 Å². The molecule has 1 fully saturated rings. The number of hydrogen-bond donors (Lipinski definition) is 1. The standard InChI is InChI=1S/C17H19N5O3/c1-4-25-12-8-6-5-7-11(12)22-10(2)9-21-13-14(18-16(21)22)20(3)17(24)19-15(13)23/h5-9,13-14H,4H2,1-3H3,(H,19,23,24). The van der Waals surface area contributed by atoms with Crippen molar-refractivity contribution in [3.05, 3.63) is 36.2 Å². The third-order valence-corrected chi connectivity index (χ3v) is 4.56. The second-order valence-corrected chi connectivity index (χ2v) is 6.11. The molecule has 3 heterocycles. The number of para-hydroxylation sites is 2. The molecule has 1 aromatic rings. The highest BCUT2D eigenvalue weighted by atomic mass is 16.5. The summed E-state index contributed by atoms with van der Waals surface area (Å²) < 4.78 is 5.74. The highest BCUT2D eigenvalue weighted by Crippen LogP contribution is 2.38. The molecule has 3 aliphatic heterocycles. The number of ether oxygens (including phenoxy) is 1. The van der Waals surface area contributed by atoms with Crippen LogP contribution in [0.4, 0.5) is 10.5 Å². The van der Waals surface area contributed by atoms with Crippen LogP contribution in [0.3, 0.4) is 0 Å². The molecule has 0 aliphatic carbocycles. The number of aliphatic imine (C=N–C) groups is 1. The van der Waals surface area contributed by atoms with Gasteiger partial charge in [0.25, 0.3) is 5.91 Å². The lowest BCUT2D eigenvalue weighted by atomic mass is 10.1. The summed E-state index contributed by atoms with van der Waals surface area (Å²) in [5.41, 5.74) is 1.78. The van der Waals surface area contributed by atoms with Gasteiger partial charge >= 0.3 is 6.03 Å². The van der Waals surface area contributed by atoms with Crippen molar-refractivity contribution >= 4 is 23.6 Å². The van der Waals surface area contributed by atoms with E-state index >= 15 is 0 Å². The van der Waals surface area contributed by atoms with E-state index < -0.39 is 18.2 Å². The van der Waals surface area contributed by atoms with Crippen molar-refractivity contribution in [3.8, 4) is 5.75 Å². The summed E-state index contributed by atoms with van der Waals surface area (Å²) in [6.45, 7) is 4.44. The summed E-state index contributed by atoms with van der Waals surface area (Å²) in [7, 11) is 1.64. The van der Waals surface area contributed by atoms with Gasteiger partial charge in [0.05, 0.1) is 12.3 Å². The monoisotopic (exact) mass is 341 g/mol. The number of hydrogen-bond acceptors (Lipinski definition) is 6. The van der Waals surface area contributed by atoms with E-state index in [9.17, 15) is 9.59 Å². The highest BCUT2D eigenvalue weighted by Gasteiger charge is 2.51. The van der Waals surface area contributed by atoms with Gasteiger partial charge in [-0.2, -0.15) is 0 Å². The van der Waals surface area contributed by atoms with E-state index in [1.165, 1.54) is 4.90 Å². The van der Waals surface area contributed by atoms with E-state index in [1.807, 2.05) is 54.1 Å². The van der Waals surface area contributed by atoms with E-state index in [0.29, 0.717) is 12.6 Å². The van der Waals surface area contributed by atoms with Crippen LogP contribution in [0.25, 0.3) is 0 Å². The number of urea groups is 1. The average molecular weight is 341 g/mol. The first-order valence-corrected chi connectivity index (χ1v) is 8.17. The van der Waals surface area contributed by atoms with Crippen LogP contribution in [0.15, 0.2) is 41.2 Å². The SMILES string of the molecule is CCOc1ccccc1N1C(C)=CN2C1=NC1C2C(=O)NC(=O)N1C. The Kier molecular flexibility index (Phi) is 3.41. The third-order valence-electron chi connectivity index (χ3n) is 4.56. The van der Waals surface area contributed by atoms with Gasteiger partial charge in [0.2, 0.25) is 5.96 Å². The fraction of sp³-hybridized carbons (Fsp3) is 0.353. The molecule has 2 unspecified atom stereocenters. The number of amides is 3. The van der Waals surface area contributed by atoms with Crippen LogP contribution in [-0.2, 0) is 4.79 Å². The Morgan fingerprint density at radius 2 is 2.04 bits per heavy atom. The number of anilines is 1. The van der Waals surface area contributed by atoms with Crippen molar-refractivity contribution in [2.45, 2.75) is 26.1 Å².